The summed E-state index contributed by atoms with van der Waals surface area (Å²) in [5, 5.41) is 3.17. The number of amides is 2. The molecule has 8 nitrogen and oxygen atoms in total. The highest BCUT2D eigenvalue weighted by Crippen LogP contribution is 2.23. The Kier molecular flexibility index (Phi) is 10.7. The molecule has 0 spiro atoms. The van der Waals surface area contributed by atoms with Crippen molar-refractivity contribution < 1.29 is 22.4 Å². The molecule has 0 aliphatic heterocycles. The number of hydrogen-bond acceptors (Lipinski definition) is 4. The zero-order chi connectivity index (χ0) is 30.1. The summed E-state index contributed by atoms with van der Waals surface area (Å²) in [5.41, 5.74) is 1.81. The average Bonchev–Trinajstić information content (AvgIpc) is 2.99. The van der Waals surface area contributed by atoms with E-state index in [9.17, 15) is 22.4 Å². The molecule has 0 heterocycles. The van der Waals surface area contributed by atoms with Gasteiger partial charge < -0.3 is 10.2 Å². The van der Waals surface area contributed by atoms with Crippen molar-refractivity contribution in [1.82, 2.24) is 14.5 Å². The lowest BCUT2D eigenvalue weighted by atomic mass is 9.94. The Hall–Kier alpha value is -3.76. The highest BCUT2D eigenvalue weighted by atomic mass is 32.2. The zero-order valence-electron chi connectivity index (χ0n) is 24.2. The molecule has 4 rings (SSSR count). The van der Waals surface area contributed by atoms with Gasteiger partial charge in [0.1, 0.15) is 18.4 Å². The zero-order valence-corrected chi connectivity index (χ0v) is 25.0. The van der Waals surface area contributed by atoms with Crippen molar-refractivity contribution >= 4 is 27.7 Å². The van der Waals surface area contributed by atoms with E-state index in [4.69, 9.17) is 0 Å². The molecule has 1 fully saturated rings. The first-order valence-electron chi connectivity index (χ1n) is 14.3. The van der Waals surface area contributed by atoms with Crippen LogP contribution in [0.1, 0.15) is 43.2 Å². The van der Waals surface area contributed by atoms with Crippen LogP contribution in [0.5, 0.6) is 0 Å². The van der Waals surface area contributed by atoms with Crippen LogP contribution in [-0.2, 0) is 32.8 Å². The fourth-order valence-corrected chi connectivity index (χ4v) is 6.25. The average molecular weight is 595 g/mol. The minimum atomic E-state index is -4.06. The first-order valence-corrected chi connectivity index (χ1v) is 15.7. The normalized spacial score (nSPS) is 14.8. The van der Waals surface area contributed by atoms with Gasteiger partial charge in [0, 0.05) is 33.1 Å². The Morgan fingerprint density at radius 3 is 2.05 bits per heavy atom. The van der Waals surface area contributed by atoms with E-state index < -0.39 is 34.5 Å². The van der Waals surface area contributed by atoms with Crippen LogP contribution < -0.4 is 9.62 Å². The molecule has 0 aromatic heterocycles. The first kappa shape index (κ1) is 31.2. The molecule has 42 heavy (non-hydrogen) atoms. The van der Waals surface area contributed by atoms with Gasteiger partial charge in [-0.2, -0.15) is 12.7 Å². The predicted molar refractivity (Wildman–Crippen MR) is 162 cm³/mol. The maximum absolute atomic E-state index is 14.2. The van der Waals surface area contributed by atoms with Gasteiger partial charge in [0.2, 0.25) is 11.8 Å². The van der Waals surface area contributed by atoms with Gasteiger partial charge in [-0.1, -0.05) is 79.9 Å². The molecule has 3 aromatic rings. The second-order valence-corrected chi connectivity index (χ2v) is 12.9. The third kappa shape index (κ3) is 8.17. The van der Waals surface area contributed by atoms with Crippen LogP contribution in [0.3, 0.4) is 0 Å². The van der Waals surface area contributed by atoms with Gasteiger partial charge in [0.05, 0.1) is 5.69 Å². The molecule has 0 unspecified atom stereocenters. The Bertz CT molecular complexity index is 1410. The second-order valence-electron chi connectivity index (χ2n) is 10.8. The summed E-state index contributed by atoms with van der Waals surface area (Å²) in [7, 11) is -1.25. The summed E-state index contributed by atoms with van der Waals surface area (Å²) in [5.74, 6) is -1.25. The van der Waals surface area contributed by atoms with Crippen molar-refractivity contribution in [3.63, 3.8) is 0 Å². The van der Waals surface area contributed by atoms with Gasteiger partial charge in [-0.3, -0.25) is 9.59 Å². The minimum Gasteiger partial charge on any atom is -0.352 e. The number of carbonyl (C=O) groups is 2. The number of para-hydroxylation sites is 1. The smallest absolute Gasteiger partial charge is 0.304 e. The summed E-state index contributed by atoms with van der Waals surface area (Å²) >= 11 is 0. The summed E-state index contributed by atoms with van der Waals surface area (Å²) in [6, 6.07) is 22.7. The van der Waals surface area contributed by atoms with Crippen molar-refractivity contribution in [3.8, 4) is 0 Å². The summed E-state index contributed by atoms with van der Waals surface area (Å²) in [6.45, 7) is -0.521. The summed E-state index contributed by atoms with van der Waals surface area (Å²) in [4.78, 5) is 29.6. The van der Waals surface area contributed by atoms with Crippen molar-refractivity contribution in [2.75, 3.05) is 24.9 Å². The minimum absolute atomic E-state index is 0.000653. The standard InChI is InChI=1S/C32H39FN4O4S/c1-35(2)42(40,41)37(29-16-10-5-11-17-29)24-31(38)36(23-26-18-20-27(33)21-19-26)30(22-25-12-6-3-7-13-25)32(39)34-28-14-8-4-9-15-28/h3,5-7,10-13,16-21,28,30H,4,8-9,14-15,22-24H2,1-2H3,(H,34,39)/t30-/m1/s1. The summed E-state index contributed by atoms with van der Waals surface area (Å²) in [6.07, 6.45) is 5.17. The molecule has 2 amide bonds. The molecular weight excluding hydrogens is 555 g/mol. The number of hydrogen-bond donors (Lipinski definition) is 1. The third-order valence-electron chi connectivity index (χ3n) is 7.55. The van der Waals surface area contributed by atoms with Gasteiger partial charge in [-0.15, -0.1) is 0 Å². The summed E-state index contributed by atoms with van der Waals surface area (Å²) < 4.78 is 42.7. The molecule has 0 radical (unpaired) electrons. The lowest BCUT2D eigenvalue weighted by molar-refractivity contribution is -0.140. The first-order chi connectivity index (χ1) is 20.1. The van der Waals surface area contributed by atoms with Crippen LogP contribution in [0.15, 0.2) is 84.9 Å². The van der Waals surface area contributed by atoms with E-state index in [0.717, 1.165) is 46.3 Å². The second kappa shape index (κ2) is 14.4. The molecule has 10 heteroatoms. The number of rotatable bonds is 12. The van der Waals surface area contributed by atoms with Crippen LogP contribution in [-0.4, -0.2) is 62.2 Å². The molecule has 0 bridgehead atoms. The third-order valence-corrected chi connectivity index (χ3v) is 9.37. The van der Waals surface area contributed by atoms with Crippen molar-refractivity contribution in [3.05, 3.63) is 102 Å². The molecule has 1 aliphatic rings. The Labute approximate surface area is 248 Å². The molecule has 3 aromatic carbocycles. The SMILES string of the molecule is CN(C)S(=O)(=O)N(CC(=O)N(Cc1ccc(F)cc1)[C@H](Cc1ccccc1)C(=O)NC1CCCCC1)c1ccccc1. The molecule has 0 saturated heterocycles. The molecule has 1 N–H and O–H groups in total. The number of carbonyl (C=O) groups excluding carboxylic acids is 2. The molecule has 224 valence electrons. The van der Waals surface area contributed by atoms with Crippen LogP contribution in [0.4, 0.5) is 10.1 Å². The van der Waals surface area contributed by atoms with E-state index in [1.807, 2.05) is 30.3 Å². The Morgan fingerprint density at radius 1 is 0.857 bits per heavy atom. The Morgan fingerprint density at radius 2 is 1.45 bits per heavy atom. The van der Waals surface area contributed by atoms with Crippen molar-refractivity contribution in [2.24, 2.45) is 0 Å². The van der Waals surface area contributed by atoms with Crippen LogP contribution in [0.2, 0.25) is 0 Å². The van der Waals surface area contributed by atoms with E-state index in [2.05, 4.69) is 5.32 Å². The maximum atomic E-state index is 14.2. The largest absolute Gasteiger partial charge is 0.352 e. The number of benzene rings is 3. The van der Waals surface area contributed by atoms with Gasteiger partial charge in [0.15, 0.2) is 0 Å². The molecular formula is C32H39FN4O4S. The van der Waals surface area contributed by atoms with Crippen molar-refractivity contribution in [1.29, 1.82) is 0 Å². The quantitative estimate of drug-likeness (QED) is 0.334. The lowest BCUT2D eigenvalue weighted by Gasteiger charge is -2.35. The van der Waals surface area contributed by atoms with E-state index in [0.29, 0.717) is 11.3 Å². The van der Waals surface area contributed by atoms with Gasteiger partial charge >= 0.3 is 10.2 Å². The van der Waals surface area contributed by atoms with Crippen molar-refractivity contribution in [2.45, 2.75) is 57.2 Å². The fourth-order valence-electron chi connectivity index (χ4n) is 5.20. The number of anilines is 1. The van der Waals surface area contributed by atoms with E-state index in [1.165, 1.54) is 31.1 Å². The van der Waals surface area contributed by atoms with Gasteiger partial charge in [0.25, 0.3) is 0 Å². The Balaban J connectivity index is 1.73. The van der Waals surface area contributed by atoms with Gasteiger partial charge in [-0.05, 0) is 48.2 Å². The highest BCUT2D eigenvalue weighted by molar-refractivity contribution is 7.90. The monoisotopic (exact) mass is 594 g/mol. The highest BCUT2D eigenvalue weighted by Gasteiger charge is 2.35. The van der Waals surface area contributed by atoms with E-state index in [-0.39, 0.29) is 24.9 Å². The van der Waals surface area contributed by atoms with Crippen LogP contribution in [0.25, 0.3) is 0 Å². The van der Waals surface area contributed by atoms with Gasteiger partial charge in [-0.25, -0.2) is 8.70 Å². The van der Waals surface area contributed by atoms with E-state index in [1.54, 1.807) is 42.5 Å². The molecule has 1 saturated carbocycles. The maximum Gasteiger partial charge on any atom is 0.304 e. The number of nitrogens with zero attached hydrogens (tertiary/aromatic N) is 3. The van der Waals surface area contributed by atoms with E-state index >= 15 is 0 Å². The lowest BCUT2D eigenvalue weighted by Crippen LogP contribution is -2.55. The fraction of sp³-hybridized carbons (Fsp3) is 0.375. The topological polar surface area (TPSA) is 90.0 Å². The number of halogens is 1. The molecule has 1 atom stereocenters. The number of nitrogens with one attached hydrogen (secondary N) is 1. The van der Waals surface area contributed by atoms with Crippen LogP contribution >= 0.6 is 0 Å². The molecule has 1 aliphatic carbocycles. The predicted octanol–water partition coefficient (Wildman–Crippen LogP) is 4.53. The van der Waals surface area contributed by atoms with Crippen LogP contribution in [0, 0.1) is 5.82 Å².